The molecule has 64 valence electrons. The van der Waals surface area contributed by atoms with Gasteiger partial charge in [0.15, 0.2) is 0 Å². The Labute approximate surface area is 71.5 Å². The molecule has 0 amide bonds. The Morgan fingerprint density at radius 1 is 1.42 bits per heavy atom. The van der Waals surface area contributed by atoms with Crippen LogP contribution in [-0.2, 0) is 0 Å². The minimum absolute atomic E-state index is 0.509. The van der Waals surface area contributed by atoms with Crippen molar-refractivity contribution in [3.8, 4) is 0 Å². The lowest BCUT2D eigenvalue weighted by atomic mass is 10.2. The van der Waals surface area contributed by atoms with Crippen molar-refractivity contribution in [1.29, 1.82) is 0 Å². The zero-order valence-electron chi connectivity index (χ0n) is 7.07. The third-order valence-corrected chi connectivity index (χ3v) is 2.12. The Morgan fingerprint density at radius 3 is 2.58 bits per heavy atom. The van der Waals surface area contributed by atoms with Crippen LogP contribution >= 0.6 is 0 Å². The van der Waals surface area contributed by atoms with E-state index in [9.17, 15) is 0 Å². The monoisotopic (exact) mass is 164 g/mol. The van der Waals surface area contributed by atoms with Gasteiger partial charge >= 0.3 is 0 Å². The van der Waals surface area contributed by atoms with Crippen molar-refractivity contribution in [3.05, 3.63) is 23.8 Å². The van der Waals surface area contributed by atoms with Crippen LogP contribution in [0.3, 0.4) is 0 Å². The molecule has 1 aromatic heterocycles. The van der Waals surface area contributed by atoms with E-state index in [4.69, 9.17) is 5.11 Å². The fourth-order valence-electron chi connectivity index (χ4n) is 1.15. The van der Waals surface area contributed by atoms with Gasteiger partial charge in [-0.25, -0.2) is 0 Å². The maximum atomic E-state index is 9.17. The topological polar surface area (TPSA) is 46.0 Å². The summed E-state index contributed by atoms with van der Waals surface area (Å²) in [6.07, 6.45) is 5.41. The first-order valence-electron chi connectivity index (χ1n) is 4.27. The summed E-state index contributed by atoms with van der Waals surface area (Å²) in [7, 11) is 0. The van der Waals surface area contributed by atoms with Gasteiger partial charge in [0.05, 0.1) is 23.7 Å². The summed E-state index contributed by atoms with van der Waals surface area (Å²) in [5.41, 5.74) is 1.72. The highest BCUT2D eigenvalue weighted by atomic mass is 16.3. The van der Waals surface area contributed by atoms with E-state index in [-0.39, 0.29) is 0 Å². The highest BCUT2D eigenvalue weighted by Gasteiger charge is 2.25. The zero-order chi connectivity index (χ0) is 8.55. The number of rotatable bonds is 2. The van der Waals surface area contributed by atoms with Crippen molar-refractivity contribution >= 4 is 0 Å². The van der Waals surface area contributed by atoms with Gasteiger partial charge in [-0.3, -0.25) is 9.97 Å². The molecule has 1 unspecified atom stereocenters. The van der Waals surface area contributed by atoms with E-state index in [0.717, 1.165) is 5.69 Å². The Kier molecular flexibility index (Phi) is 1.81. The van der Waals surface area contributed by atoms with E-state index in [0.29, 0.717) is 11.6 Å². The number of nitrogens with zero attached hydrogens (tertiary/aromatic N) is 2. The number of aromatic nitrogens is 2. The molecule has 1 aliphatic carbocycles. The maximum absolute atomic E-state index is 9.17. The predicted octanol–water partition coefficient (Wildman–Crippen LogP) is 1.41. The normalized spacial score (nSPS) is 19.2. The summed E-state index contributed by atoms with van der Waals surface area (Å²) >= 11 is 0. The maximum Gasteiger partial charge on any atom is 0.0947 e. The Bertz CT molecular complexity index is 243. The van der Waals surface area contributed by atoms with E-state index in [1.54, 1.807) is 19.3 Å². The molecule has 3 nitrogen and oxygen atoms in total. The highest BCUT2D eigenvalue weighted by Crippen LogP contribution is 2.38. The van der Waals surface area contributed by atoms with Gasteiger partial charge in [0, 0.05) is 12.1 Å². The second-order valence-corrected chi connectivity index (χ2v) is 3.32. The number of aliphatic hydroxyl groups is 1. The quantitative estimate of drug-likeness (QED) is 0.718. The molecule has 0 bridgehead atoms. The number of hydrogen-bond donors (Lipinski definition) is 1. The molecule has 3 heteroatoms. The van der Waals surface area contributed by atoms with E-state index in [1.165, 1.54) is 12.8 Å². The minimum atomic E-state index is -0.509. The van der Waals surface area contributed by atoms with Crippen LogP contribution in [0.15, 0.2) is 12.4 Å². The smallest absolute Gasteiger partial charge is 0.0947 e. The lowest BCUT2D eigenvalue weighted by molar-refractivity contribution is 0.193. The summed E-state index contributed by atoms with van der Waals surface area (Å²) in [4.78, 5) is 8.37. The number of aliphatic hydroxyl groups excluding tert-OH is 1. The van der Waals surface area contributed by atoms with Crippen molar-refractivity contribution in [2.24, 2.45) is 0 Å². The molecule has 1 atom stereocenters. The van der Waals surface area contributed by atoms with Crippen molar-refractivity contribution in [3.63, 3.8) is 0 Å². The first kappa shape index (κ1) is 7.68. The Morgan fingerprint density at radius 2 is 2.17 bits per heavy atom. The molecule has 0 aromatic carbocycles. The summed E-state index contributed by atoms with van der Waals surface area (Å²) in [5, 5.41) is 9.17. The van der Waals surface area contributed by atoms with Crippen LogP contribution in [-0.4, -0.2) is 15.1 Å². The van der Waals surface area contributed by atoms with Gasteiger partial charge in [0.1, 0.15) is 0 Å². The molecule has 2 rings (SSSR count). The van der Waals surface area contributed by atoms with Gasteiger partial charge in [0.25, 0.3) is 0 Å². The average molecular weight is 164 g/mol. The molecule has 1 fully saturated rings. The molecule has 0 radical (unpaired) electrons. The molecular formula is C9H12N2O. The van der Waals surface area contributed by atoms with Crippen molar-refractivity contribution in [2.45, 2.75) is 31.8 Å². The van der Waals surface area contributed by atoms with Crippen molar-refractivity contribution in [2.75, 3.05) is 0 Å². The summed E-state index contributed by atoms with van der Waals surface area (Å²) in [5.74, 6) is 0.639. The molecule has 1 saturated carbocycles. The van der Waals surface area contributed by atoms with Gasteiger partial charge in [-0.05, 0) is 19.8 Å². The first-order valence-corrected chi connectivity index (χ1v) is 4.27. The first-order chi connectivity index (χ1) is 5.77. The molecule has 1 aromatic rings. The van der Waals surface area contributed by atoms with E-state index in [2.05, 4.69) is 9.97 Å². The molecule has 1 aliphatic rings. The van der Waals surface area contributed by atoms with Crippen LogP contribution in [0.5, 0.6) is 0 Å². The molecule has 12 heavy (non-hydrogen) atoms. The molecular weight excluding hydrogens is 152 g/mol. The molecule has 0 saturated heterocycles. The van der Waals surface area contributed by atoms with Gasteiger partial charge in [0.2, 0.25) is 0 Å². The third kappa shape index (κ3) is 1.46. The lowest BCUT2D eigenvalue weighted by Crippen LogP contribution is -1.98. The number of hydrogen-bond acceptors (Lipinski definition) is 3. The summed E-state index contributed by atoms with van der Waals surface area (Å²) in [6, 6.07) is 0. The van der Waals surface area contributed by atoms with E-state index >= 15 is 0 Å². The fourth-order valence-corrected chi connectivity index (χ4v) is 1.15. The van der Waals surface area contributed by atoms with E-state index < -0.39 is 6.10 Å². The van der Waals surface area contributed by atoms with Gasteiger partial charge < -0.3 is 5.11 Å². The van der Waals surface area contributed by atoms with E-state index in [1.807, 2.05) is 0 Å². The summed E-state index contributed by atoms with van der Waals surface area (Å²) in [6.45, 7) is 1.70. The molecule has 0 spiro atoms. The zero-order valence-corrected chi connectivity index (χ0v) is 7.07. The standard InChI is InChI=1S/C9H12N2O/c1-6(12)8-4-11-9(5-10-8)7-2-3-7/h4-7,12H,2-3H2,1H3. The van der Waals surface area contributed by atoms with Crippen LogP contribution in [0.1, 0.15) is 43.2 Å². The van der Waals surface area contributed by atoms with Crippen LogP contribution < -0.4 is 0 Å². The molecule has 1 N–H and O–H groups in total. The Balaban J connectivity index is 2.18. The highest BCUT2D eigenvalue weighted by molar-refractivity contribution is 5.13. The van der Waals surface area contributed by atoms with Crippen molar-refractivity contribution < 1.29 is 5.11 Å². The molecule has 0 aliphatic heterocycles. The van der Waals surface area contributed by atoms with Gasteiger partial charge in [-0.1, -0.05) is 0 Å². The Hall–Kier alpha value is -0.960. The van der Waals surface area contributed by atoms with Crippen LogP contribution in [0.25, 0.3) is 0 Å². The van der Waals surface area contributed by atoms with Crippen LogP contribution in [0.4, 0.5) is 0 Å². The predicted molar refractivity (Wildman–Crippen MR) is 44.6 cm³/mol. The third-order valence-electron chi connectivity index (χ3n) is 2.12. The average Bonchev–Trinajstić information content (AvgIpc) is 2.87. The fraction of sp³-hybridized carbons (Fsp3) is 0.556. The van der Waals surface area contributed by atoms with Gasteiger partial charge in [-0.15, -0.1) is 0 Å². The summed E-state index contributed by atoms with van der Waals surface area (Å²) < 4.78 is 0. The second-order valence-electron chi connectivity index (χ2n) is 3.32. The largest absolute Gasteiger partial charge is 0.387 e. The van der Waals surface area contributed by atoms with Gasteiger partial charge in [-0.2, -0.15) is 0 Å². The van der Waals surface area contributed by atoms with Crippen LogP contribution in [0.2, 0.25) is 0 Å². The second kappa shape index (κ2) is 2.83. The minimum Gasteiger partial charge on any atom is -0.387 e. The molecule has 1 heterocycles. The SMILES string of the molecule is CC(O)c1cnc(C2CC2)cn1. The lowest BCUT2D eigenvalue weighted by Gasteiger charge is -2.02. The van der Waals surface area contributed by atoms with Crippen LogP contribution in [0, 0.1) is 0 Å². The van der Waals surface area contributed by atoms with Crippen molar-refractivity contribution in [1.82, 2.24) is 9.97 Å².